The van der Waals surface area contributed by atoms with Crippen LogP contribution in [0.4, 0.5) is 5.69 Å². The Kier molecular flexibility index (Phi) is 3.71. The van der Waals surface area contributed by atoms with Crippen LogP contribution in [0.15, 0.2) is 42.5 Å². The van der Waals surface area contributed by atoms with E-state index in [9.17, 15) is 0 Å². The number of hydrogen-bond donors (Lipinski definition) is 1. The Morgan fingerprint density at radius 2 is 1.39 bits per heavy atom. The molecule has 0 aliphatic carbocycles. The standard InChI is InChI=1S/C17H21N/c1-12-8-10-16(11-9-12)15(4)18-17-13(2)6-5-7-14(17)3/h5-11,15,18H,1-4H3. The van der Waals surface area contributed by atoms with Gasteiger partial charge in [-0.25, -0.2) is 0 Å². The van der Waals surface area contributed by atoms with Gasteiger partial charge in [0.2, 0.25) is 0 Å². The summed E-state index contributed by atoms with van der Waals surface area (Å²) in [5.41, 5.74) is 6.48. The van der Waals surface area contributed by atoms with Gasteiger partial charge in [-0.05, 0) is 44.4 Å². The molecule has 1 atom stereocenters. The molecule has 0 fully saturated rings. The number of nitrogens with one attached hydrogen (secondary N) is 1. The van der Waals surface area contributed by atoms with Crippen molar-refractivity contribution >= 4 is 5.69 Å². The lowest BCUT2D eigenvalue weighted by atomic mass is 10.0. The molecule has 94 valence electrons. The summed E-state index contributed by atoms with van der Waals surface area (Å²) in [4.78, 5) is 0. The summed E-state index contributed by atoms with van der Waals surface area (Å²) in [6.45, 7) is 8.62. The van der Waals surface area contributed by atoms with E-state index in [1.165, 1.54) is 27.9 Å². The van der Waals surface area contributed by atoms with Crippen LogP contribution in [0.5, 0.6) is 0 Å². The Morgan fingerprint density at radius 1 is 0.833 bits per heavy atom. The normalized spacial score (nSPS) is 12.2. The van der Waals surface area contributed by atoms with Gasteiger partial charge in [0.25, 0.3) is 0 Å². The van der Waals surface area contributed by atoms with Crippen LogP contribution in [0.2, 0.25) is 0 Å². The van der Waals surface area contributed by atoms with Crippen LogP contribution in [0.1, 0.15) is 35.2 Å². The summed E-state index contributed by atoms with van der Waals surface area (Å²) >= 11 is 0. The zero-order valence-electron chi connectivity index (χ0n) is 11.6. The number of rotatable bonds is 3. The van der Waals surface area contributed by atoms with Gasteiger partial charge in [0, 0.05) is 11.7 Å². The third kappa shape index (κ3) is 2.73. The maximum absolute atomic E-state index is 3.61. The van der Waals surface area contributed by atoms with Gasteiger partial charge in [-0.15, -0.1) is 0 Å². The highest BCUT2D eigenvalue weighted by Gasteiger charge is 2.08. The van der Waals surface area contributed by atoms with Gasteiger partial charge in [-0.2, -0.15) is 0 Å². The zero-order chi connectivity index (χ0) is 13.1. The molecule has 2 aromatic rings. The van der Waals surface area contributed by atoms with Crippen LogP contribution >= 0.6 is 0 Å². The highest BCUT2D eigenvalue weighted by Crippen LogP contribution is 2.25. The molecule has 0 spiro atoms. The van der Waals surface area contributed by atoms with Crippen molar-refractivity contribution in [1.82, 2.24) is 0 Å². The lowest BCUT2D eigenvalue weighted by Gasteiger charge is -2.19. The van der Waals surface area contributed by atoms with E-state index in [2.05, 4.69) is 75.5 Å². The van der Waals surface area contributed by atoms with Gasteiger partial charge in [0.15, 0.2) is 0 Å². The minimum atomic E-state index is 0.324. The van der Waals surface area contributed by atoms with E-state index in [1.807, 2.05) is 0 Å². The molecule has 0 bridgehead atoms. The van der Waals surface area contributed by atoms with Crippen molar-refractivity contribution in [2.75, 3.05) is 5.32 Å². The van der Waals surface area contributed by atoms with Crippen LogP contribution in [0.25, 0.3) is 0 Å². The Hall–Kier alpha value is -1.76. The first-order valence-corrected chi connectivity index (χ1v) is 6.47. The van der Waals surface area contributed by atoms with E-state index in [0.717, 1.165) is 0 Å². The van der Waals surface area contributed by atoms with Crippen molar-refractivity contribution in [1.29, 1.82) is 0 Å². The van der Waals surface area contributed by atoms with E-state index in [1.54, 1.807) is 0 Å². The first-order valence-electron chi connectivity index (χ1n) is 6.47. The number of benzene rings is 2. The first-order chi connectivity index (χ1) is 8.58. The Labute approximate surface area is 110 Å². The molecule has 18 heavy (non-hydrogen) atoms. The zero-order valence-corrected chi connectivity index (χ0v) is 11.6. The third-order valence-electron chi connectivity index (χ3n) is 3.42. The summed E-state index contributed by atoms with van der Waals surface area (Å²) in [5.74, 6) is 0. The second-order valence-corrected chi connectivity index (χ2v) is 5.04. The Morgan fingerprint density at radius 3 is 1.94 bits per heavy atom. The average molecular weight is 239 g/mol. The maximum atomic E-state index is 3.61. The minimum absolute atomic E-state index is 0.324. The lowest BCUT2D eigenvalue weighted by Crippen LogP contribution is -2.08. The van der Waals surface area contributed by atoms with Crippen molar-refractivity contribution in [2.45, 2.75) is 33.7 Å². The number of para-hydroxylation sites is 1. The van der Waals surface area contributed by atoms with E-state index < -0.39 is 0 Å². The van der Waals surface area contributed by atoms with Crippen LogP contribution in [-0.4, -0.2) is 0 Å². The summed E-state index contributed by atoms with van der Waals surface area (Å²) in [7, 11) is 0. The van der Waals surface area contributed by atoms with Crippen LogP contribution < -0.4 is 5.32 Å². The predicted molar refractivity (Wildman–Crippen MR) is 79.1 cm³/mol. The second kappa shape index (κ2) is 5.26. The molecule has 2 rings (SSSR count). The molecule has 1 heteroatoms. The molecular weight excluding hydrogens is 218 g/mol. The van der Waals surface area contributed by atoms with Crippen molar-refractivity contribution in [3.05, 3.63) is 64.7 Å². The molecular formula is C17H21N. The molecule has 0 radical (unpaired) electrons. The minimum Gasteiger partial charge on any atom is -0.378 e. The molecule has 1 nitrogen and oxygen atoms in total. The van der Waals surface area contributed by atoms with Gasteiger partial charge in [-0.1, -0.05) is 48.0 Å². The second-order valence-electron chi connectivity index (χ2n) is 5.04. The first kappa shape index (κ1) is 12.7. The molecule has 0 saturated carbocycles. The van der Waals surface area contributed by atoms with Crippen molar-refractivity contribution in [2.24, 2.45) is 0 Å². The van der Waals surface area contributed by atoms with Gasteiger partial charge in [-0.3, -0.25) is 0 Å². The maximum Gasteiger partial charge on any atom is 0.0485 e. The largest absolute Gasteiger partial charge is 0.378 e. The van der Waals surface area contributed by atoms with Crippen LogP contribution in [-0.2, 0) is 0 Å². The summed E-state index contributed by atoms with van der Waals surface area (Å²) in [6.07, 6.45) is 0. The molecule has 0 aliphatic rings. The molecule has 0 aromatic heterocycles. The predicted octanol–water partition coefficient (Wildman–Crippen LogP) is 4.78. The SMILES string of the molecule is Cc1ccc(C(C)Nc2c(C)cccc2C)cc1. The third-order valence-corrected chi connectivity index (χ3v) is 3.42. The van der Waals surface area contributed by atoms with Crippen molar-refractivity contribution < 1.29 is 0 Å². The summed E-state index contributed by atoms with van der Waals surface area (Å²) < 4.78 is 0. The summed E-state index contributed by atoms with van der Waals surface area (Å²) in [6, 6.07) is 15.4. The topological polar surface area (TPSA) is 12.0 Å². The van der Waals surface area contributed by atoms with E-state index in [4.69, 9.17) is 0 Å². The van der Waals surface area contributed by atoms with Crippen LogP contribution in [0.3, 0.4) is 0 Å². The average Bonchev–Trinajstić information content (AvgIpc) is 2.34. The molecule has 2 aromatic carbocycles. The van der Waals surface area contributed by atoms with E-state index >= 15 is 0 Å². The van der Waals surface area contributed by atoms with Gasteiger partial charge in [0.1, 0.15) is 0 Å². The summed E-state index contributed by atoms with van der Waals surface area (Å²) in [5, 5.41) is 3.61. The van der Waals surface area contributed by atoms with Crippen molar-refractivity contribution in [3.63, 3.8) is 0 Å². The number of aryl methyl sites for hydroxylation is 3. The molecule has 0 amide bonds. The van der Waals surface area contributed by atoms with Gasteiger partial charge in [0.05, 0.1) is 0 Å². The smallest absolute Gasteiger partial charge is 0.0485 e. The van der Waals surface area contributed by atoms with Gasteiger partial charge >= 0.3 is 0 Å². The van der Waals surface area contributed by atoms with Gasteiger partial charge < -0.3 is 5.32 Å². The van der Waals surface area contributed by atoms with E-state index in [-0.39, 0.29) is 0 Å². The fraction of sp³-hybridized carbons (Fsp3) is 0.294. The molecule has 1 unspecified atom stereocenters. The quantitative estimate of drug-likeness (QED) is 0.812. The highest BCUT2D eigenvalue weighted by molar-refractivity contribution is 5.57. The van der Waals surface area contributed by atoms with E-state index in [0.29, 0.717) is 6.04 Å². The number of anilines is 1. The van der Waals surface area contributed by atoms with Crippen LogP contribution in [0, 0.1) is 20.8 Å². The highest BCUT2D eigenvalue weighted by atomic mass is 14.9. The lowest BCUT2D eigenvalue weighted by molar-refractivity contribution is 0.879. The van der Waals surface area contributed by atoms with Crippen molar-refractivity contribution in [3.8, 4) is 0 Å². The fourth-order valence-electron chi connectivity index (χ4n) is 2.20. The Bertz CT molecular complexity index is 506. The monoisotopic (exact) mass is 239 g/mol. The molecule has 0 heterocycles. The molecule has 1 N–H and O–H groups in total. The Balaban J connectivity index is 2.21. The molecule has 0 saturated heterocycles. The molecule has 0 aliphatic heterocycles. The number of hydrogen-bond acceptors (Lipinski definition) is 1. The fourth-order valence-corrected chi connectivity index (χ4v) is 2.20.